The van der Waals surface area contributed by atoms with Gasteiger partial charge >= 0.3 is 0 Å². The smallest absolute Gasteiger partial charge is 0.259 e. The Morgan fingerprint density at radius 3 is 2.30 bits per heavy atom. The number of carbonyl (C=O) groups excluding carboxylic acids is 1. The minimum absolute atomic E-state index is 0.157. The summed E-state index contributed by atoms with van der Waals surface area (Å²) in [7, 11) is 1.73. The second-order valence-corrected chi connectivity index (χ2v) is 5.60. The average Bonchev–Trinajstić information content (AvgIpc) is 2.40. The first-order chi connectivity index (χ1) is 9.40. The van der Waals surface area contributed by atoms with Crippen molar-refractivity contribution < 1.29 is 4.79 Å². The number of hydrogen-bond donors (Lipinski definition) is 0. The van der Waals surface area contributed by atoms with Gasteiger partial charge in [0.15, 0.2) is 0 Å². The number of anilines is 1. The maximum Gasteiger partial charge on any atom is 0.259 e. The topological polar surface area (TPSA) is 20.3 Å². The number of carbonyl (C=O) groups is 1. The lowest BCUT2D eigenvalue weighted by Gasteiger charge is -2.19. The largest absolute Gasteiger partial charge is 0.311 e. The SMILES string of the molecule is Cc1ccc(N(C)C(=O)c2ccc(Cl)cc2Cl)cc1C. The molecule has 0 bridgehead atoms. The third kappa shape index (κ3) is 2.97. The van der Waals surface area contributed by atoms with Gasteiger partial charge in [-0.05, 0) is 55.3 Å². The van der Waals surface area contributed by atoms with Crippen molar-refractivity contribution in [3.63, 3.8) is 0 Å². The molecule has 0 aromatic heterocycles. The van der Waals surface area contributed by atoms with Gasteiger partial charge < -0.3 is 4.90 Å². The number of nitrogens with zero attached hydrogens (tertiary/aromatic N) is 1. The molecule has 2 aromatic rings. The van der Waals surface area contributed by atoms with Crippen LogP contribution in [0.3, 0.4) is 0 Å². The molecule has 0 heterocycles. The van der Waals surface area contributed by atoms with E-state index in [4.69, 9.17) is 23.2 Å². The van der Waals surface area contributed by atoms with Gasteiger partial charge in [-0.2, -0.15) is 0 Å². The molecule has 0 fully saturated rings. The van der Waals surface area contributed by atoms with Crippen LogP contribution in [0.2, 0.25) is 10.0 Å². The van der Waals surface area contributed by atoms with Crippen LogP contribution in [-0.2, 0) is 0 Å². The second-order valence-electron chi connectivity index (χ2n) is 4.76. The predicted octanol–water partition coefficient (Wildman–Crippen LogP) is 4.89. The minimum Gasteiger partial charge on any atom is -0.311 e. The standard InChI is InChI=1S/C16H15Cl2NO/c1-10-4-6-13(8-11(10)2)19(3)16(20)14-7-5-12(17)9-15(14)18/h4-9H,1-3H3. The second kappa shape index (κ2) is 5.86. The summed E-state index contributed by atoms with van der Waals surface area (Å²) in [5.74, 6) is -0.157. The summed E-state index contributed by atoms with van der Waals surface area (Å²) in [5, 5.41) is 0.874. The first kappa shape index (κ1) is 14.9. The van der Waals surface area contributed by atoms with Crippen LogP contribution in [0.4, 0.5) is 5.69 Å². The van der Waals surface area contributed by atoms with Gasteiger partial charge in [0, 0.05) is 17.8 Å². The Kier molecular flexibility index (Phi) is 4.36. The van der Waals surface area contributed by atoms with Gasteiger partial charge in [-0.25, -0.2) is 0 Å². The summed E-state index contributed by atoms with van der Waals surface area (Å²) in [4.78, 5) is 14.1. The van der Waals surface area contributed by atoms with E-state index in [0.29, 0.717) is 15.6 Å². The van der Waals surface area contributed by atoms with Gasteiger partial charge in [-0.1, -0.05) is 29.3 Å². The van der Waals surface area contributed by atoms with E-state index in [9.17, 15) is 4.79 Å². The molecule has 2 nitrogen and oxygen atoms in total. The zero-order valence-corrected chi connectivity index (χ0v) is 13.1. The minimum atomic E-state index is -0.157. The van der Waals surface area contributed by atoms with E-state index >= 15 is 0 Å². The van der Waals surface area contributed by atoms with Gasteiger partial charge in [0.1, 0.15) is 0 Å². The molecule has 2 rings (SSSR count). The Balaban J connectivity index is 2.34. The van der Waals surface area contributed by atoms with E-state index in [1.807, 2.05) is 32.0 Å². The molecular weight excluding hydrogens is 293 g/mol. The van der Waals surface area contributed by atoms with Crippen LogP contribution in [0.1, 0.15) is 21.5 Å². The summed E-state index contributed by atoms with van der Waals surface area (Å²) in [6.45, 7) is 4.06. The molecule has 0 radical (unpaired) electrons. The van der Waals surface area contributed by atoms with Crippen LogP contribution in [-0.4, -0.2) is 13.0 Å². The van der Waals surface area contributed by atoms with Crippen LogP contribution < -0.4 is 4.90 Å². The van der Waals surface area contributed by atoms with E-state index in [1.165, 1.54) is 5.56 Å². The van der Waals surface area contributed by atoms with Gasteiger partial charge in [0.25, 0.3) is 5.91 Å². The zero-order valence-electron chi connectivity index (χ0n) is 11.6. The fourth-order valence-electron chi connectivity index (χ4n) is 1.90. The van der Waals surface area contributed by atoms with Crippen molar-refractivity contribution in [2.45, 2.75) is 13.8 Å². The molecule has 4 heteroatoms. The lowest BCUT2D eigenvalue weighted by molar-refractivity contribution is 0.0993. The van der Waals surface area contributed by atoms with Crippen LogP contribution in [0.5, 0.6) is 0 Å². The summed E-state index contributed by atoms with van der Waals surface area (Å²) in [6.07, 6.45) is 0. The molecule has 2 aromatic carbocycles. The Morgan fingerprint density at radius 2 is 1.70 bits per heavy atom. The highest BCUT2D eigenvalue weighted by Gasteiger charge is 2.17. The maximum absolute atomic E-state index is 12.5. The molecule has 104 valence electrons. The normalized spacial score (nSPS) is 10.4. The number of aryl methyl sites for hydroxylation is 2. The van der Waals surface area contributed by atoms with Gasteiger partial charge in [-0.3, -0.25) is 4.79 Å². The van der Waals surface area contributed by atoms with Crippen molar-refractivity contribution in [1.82, 2.24) is 0 Å². The van der Waals surface area contributed by atoms with Crippen LogP contribution in [0.25, 0.3) is 0 Å². The lowest BCUT2D eigenvalue weighted by Crippen LogP contribution is -2.26. The van der Waals surface area contributed by atoms with E-state index in [1.54, 1.807) is 30.1 Å². The molecule has 0 saturated carbocycles. The fraction of sp³-hybridized carbons (Fsp3) is 0.188. The quantitative estimate of drug-likeness (QED) is 0.773. The summed E-state index contributed by atoms with van der Waals surface area (Å²) in [5.41, 5.74) is 3.62. The molecule has 0 aliphatic heterocycles. The first-order valence-corrected chi connectivity index (χ1v) is 6.96. The van der Waals surface area contributed by atoms with Crippen LogP contribution in [0, 0.1) is 13.8 Å². The molecule has 0 spiro atoms. The number of benzene rings is 2. The molecule has 0 atom stereocenters. The average molecular weight is 308 g/mol. The number of rotatable bonds is 2. The van der Waals surface area contributed by atoms with Crippen LogP contribution in [0.15, 0.2) is 36.4 Å². The van der Waals surface area contributed by atoms with Crippen LogP contribution >= 0.6 is 23.2 Å². The molecule has 1 amide bonds. The van der Waals surface area contributed by atoms with Gasteiger partial charge in [-0.15, -0.1) is 0 Å². The molecule has 0 unspecified atom stereocenters. The Labute approximate surface area is 128 Å². The van der Waals surface area contributed by atoms with Crippen molar-refractivity contribution in [2.24, 2.45) is 0 Å². The number of halogens is 2. The zero-order chi connectivity index (χ0) is 14.9. The predicted molar refractivity (Wildman–Crippen MR) is 85.1 cm³/mol. The Bertz CT molecular complexity index is 668. The molecule has 0 saturated heterocycles. The van der Waals surface area contributed by atoms with E-state index < -0.39 is 0 Å². The molecule has 20 heavy (non-hydrogen) atoms. The van der Waals surface area contributed by atoms with Crippen molar-refractivity contribution in [3.8, 4) is 0 Å². The first-order valence-electron chi connectivity index (χ1n) is 6.20. The maximum atomic E-state index is 12.5. The highest BCUT2D eigenvalue weighted by atomic mass is 35.5. The molecule has 0 aliphatic rings. The Morgan fingerprint density at radius 1 is 1.00 bits per heavy atom. The van der Waals surface area contributed by atoms with Crippen molar-refractivity contribution in [2.75, 3.05) is 11.9 Å². The monoisotopic (exact) mass is 307 g/mol. The third-order valence-corrected chi connectivity index (χ3v) is 3.89. The highest BCUT2D eigenvalue weighted by molar-refractivity contribution is 6.37. The number of hydrogen-bond acceptors (Lipinski definition) is 1. The van der Waals surface area contributed by atoms with Crippen molar-refractivity contribution >= 4 is 34.8 Å². The van der Waals surface area contributed by atoms with E-state index in [2.05, 4.69) is 0 Å². The lowest BCUT2D eigenvalue weighted by atomic mass is 10.1. The van der Waals surface area contributed by atoms with Gasteiger partial charge in [0.2, 0.25) is 0 Å². The third-order valence-electron chi connectivity index (χ3n) is 3.34. The summed E-state index contributed by atoms with van der Waals surface area (Å²) >= 11 is 11.9. The van der Waals surface area contributed by atoms with Crippen molar-refractivity contribution in [1.29, 1.82) is 0 Å². The van der Waals surface area contributed by atoms with Gasteiger partial charge in [0.05, 0.1) is 10.6 Å². The molecule has 0 N–H and O–H groups in total. The van der Waals surface area contributed by atoms with E-state index in [0.717, 1.165) is 11.3 Å². The molecule has 0 aliphatic carbocycles. The summed E-state index contributed by atoms with van der Waals surface area (Å²) < 4.78 is 0. The number of amides is 1. The highest BCUT2D eigenvalue weighted by Crippen LogP contribution is 2.25. The molecular formula is C16H15Cl2NO. The fourth-order valence-corrected chi connectivity index (χ4v) is 2.38. The Hall–Kier alpha value is -1.51. The summed E-state index contributed by atoms with van der Waals surface area (Å²) in [6, 6.07) is 10.8. The van der Waals surface area contributed by atoms with Crippen molar-refractivity contribution in [3.05, 3.63) is 63.1 Å². The van der Waals surface area contributed by atoms with E-state index in [-0.39, 0.29) is 5.91 Å².